The van der Waals surface area contributed by atoms with Crippen molar-refractivity contribution in [2.75, 3.05) is 20.1 Å². The summed E-state index contributed by atoms with van der Waals surface area (Å²) in [7, 11) is 1.86. The van der Waals surface area contributed by atoms with E-state index in [1.807, 2.05) is 61.3 Å². The van der Waals surface area contributed by atoms with E-state index in [2.05, 4.69) is 17.4 Å². The third kappa shape index (κ3) is 3.77. The fourth-order valence-corrected chi connectivity index (χ4v) is 3.05. The van der Waals surface area contributed by atoms with Gasteiger partial charge in [0.1, 0.15) is 5.75 Å². The average molecular weight is 324 g/mol. The van der Waals surface area contributed by atoms with Crippen LogP contribution in [0.3, 0.4) is 0 Å². The number of carbonyl (C=O) groups excluding carboxylic acids is 1. The van der Waals surface area contributed by atoms with Crippen LogP contribution in [0.2, 0.25) is 0 Å². The molecule has 1 aliphatic rings. The molecule has 24 heavy (non-hydrogen) atoms. The van der Waals surface area contributed by atoms with Crippen LogP contribution >= 0.6 is 0 Å². The molecular formula is C20H24N2O2. The number of ether oxygens (including phenoxy) is 1. The monoisotopic (exact) mass is 324 g/mol. The molecule has 4 nitrogen and oxygen atoms in total. The Hall–Kier alpha value is -2.33. The molecule has 1 fully saturated rings. The molecule has 0 aliphatic carbocycles. The largest absolute Gasteiger partial charge is 0.481 e. The van der Waals surface area contributed by atoms with Crippen LogP contribution in [0.1, 0.15) is 13.3 Å². The Morgan fingerprint density at radius 1 is 1.12 bits per heavy atom. The molecule has 0 saturated carbocycles. The smallest absolute Gasteiger partial charge is 0.263 e. The maximum Gasteiger partial charge on any atom is 0.263 e. The van der Waals surface area contributed by atoms with E-state index in [1.54, 1.807) is 0 Å². The molecular weight excluding hydrogens is 300 g/mol. The van der Waals surface area contributed by atoms with Gasteiger partial charge in [0.2, 0.25) is 0 Å². The van der Waals surface area contributed by atoms with Crippen molar-refractivity contribution in [2.24, 2.45) is 0 Å². The van der Waals surface area contributed by atoms with Gasteiger partial charge in [0.25, 0.3) is 5.91 Å². The summed E-state index contributed by atoms with van der Waals surface area (Å²) in [6.45, 7) is 3.64. The molecule has 1 N–H and O–H groups in total. The zero-order valence-corrected chi connectivity index (χ0v) is 14.2. The minimum absolute atomic E-state index is 0.0239. The SMILES string of the molecule is CC(Oc1ccc(-c2ccccc2)cc1)C(=O)N(C)C1CCNC1. The van der Waals surface area contributed by atoms with Crippen molar-refractivity contribution in [3.63, 3.8) is 0 Å². The van der Waals surface area contributed by atoms with Crippen LogP contribution < -0.4 is 10.1 Å². The van der Waals surface area contributed by atoms with Gasteiger partial charge < -0.3 is 15.0 Å². The van der Waals surface area contributed by atoms with Gasteiger partial charge in [-0.3, -0.25) is 4.79 Å². The quantitative estimate of drug-likeness (QED) is 0.919. The minimum atomic E-state index is -0.488. The van der Waals surface area contributed by atoms with E-state index in [1.165, 1.54) is 5.56 Å². The average Bonchev–Trinajstić information content (AvgIpc) is 3.16. The van der Waals surface area contributed by atoms with Gasteiger partial charge in [-0.15, -0.1) is 0 Å². The molecule has 1 heterocycles. The lowest BCUT2D eigenvalue weighted by Gasteiger charge is -2.27. The maximum atomic E-state index is 12.5. The molecule has 126 valence electrons. The van der Waals surface area contributed by atoms with E-state index in [0.717, 1.165) is 25.1 Å². The summed E-state index contributed by atoms with van der Waals surface area (Å²) in [5.41, 5.74) is 2.30. The predicted molar refractivity (Wildman–Crippen MR) is 96.0 cm³/mol. The molecule has 2 aromatic carbocycles. The number of nitrogens with one attached hydrogen (secondary N) is 1. The van der Waals surface area contributed by atoms with Crippen molar-refractivity contribution < 1.29 is 9.53 Å². The van der Waals surface area contributed by atoms with E-state index in [9.17, 15) is 4.79 Å². The molecule has 0 spiro atoms. The summed E-state index contributed by atoms with van der Waals surface area (Å²) >= 11 is 0. The predicted octanol–water partition coefficient (Wildman–Crippen LogP) is 2.94. The lowest BCUT2D eigenvalue weighted by molar-refractivity contribution is -0.138. The highest BCUT2D eigenvalue weighted by molar-refractivity contribution is 5.81. The molecule has 2 unspecified atom stereocenters. The van der Waals surface area contributed by atoms with Crippen LogP contribution in [-0.4, -0.2) is 43.1 Å². The number of benzene rings is 2. The van der Waals surface area contributed by atoms with E-state index in [4.69, 9.17) is 4.74 Å². The van der Waals surface area contributed by atoms with Gasteiger partial charge in [-0.1, -0.05) is 42.5 Å². The third-order valence-electron chi connectivity index (χ3n) is 4.55. The first-order chi connectivity index (χ1) is 11.6. The van der Waals surface area contributed by atoms with Crippen LogP contribution in [0, 0.1) is 0 Å². The number of amides is 1. The molecule has 0 radical (unpaired) electrons. The number of hydrogen-bond acceptors (Lipinski definition) is 3. The van der Waals surface area contributed by atoms with Crippen molar-refractivity contribution in [1.29, 1.82) is 0 Å². The maximum absolute atomic E-state index is 12.5. The fraction of sp³-hybridized carbons (Fsp3) is 0.350. The summed E-state index contributed by atoms with van der Waals surface area (Å²) in [4.78, 5) is 14.3. The number of rotatable bonds is 5. The highest BCUT2D eigenvalue weighted by Gasteiger charge is 2.27. The van der Waals surface area contributed by atoms with Gasteiger partial charge in [0.15, 0.2) is 6.10 Å². The normalized spacial score (nSPS) is 18.2. The van der Waals surface area contributed by atoms with E-state index in [-0.39, 0.29) is 11.9 Å². The summed E-state index contributed by atoms with van der Waals surface area (Å²) in [6, 6.07) is 18.3. The second-order valence-electron chi connectivity index (χ2n) is 6.25. The summed E-state index contributed by atoms with van der Waals surface area (Å²) < 4.78 is 5.84. The summed E-state index contributed by atoms with van der Waals surface area (Å²) in [6.07, 6.45) is 0.513. The molecule has 2 aromatic rings. The molecule has 3 rings (SSSR count). The molecule has 1 saturated heterocycles. The van der Waals surface area contributed by atoms with Crippen molar-refractivity contribution in [2.45, 2.75) is 25.5 Å². The van der Waals surface area contributed by atoms with E-state index >= 15 is 0 Å². The number of nitrogens with zero attached hydrogens (tertiary/aromatic N) is 1. The standard InChI is InChI=1S/C20H24N2O2/c1-15(20(23)22(2)18-12-13-21-14-18)24-19-10-8-17(9-11-19)16-6-4-3-5-7-16/h3-11,15,18,21H,12-14H2,1-2H3. The lowest BCUT2D eigenvalue weighted by atomic mass is 10.1. The Bertz CT molecular complexity index is 664. The van der Waals surface area contributed by atoms with Crippen molar-refractivity contribution in [3.8, 4) is 16.9 Å². The second kappa shape index (κ2) is 7.49. The molecule has 4 heteroatoms. The first-order valence-electron chi connectivity index (χ1n) is 8.44. The Morgan fingerprint density at radius 2 is 1.79 bits per heavy atom. The van der Waals surface area contributed by atoms with Gasteiger partial charge >= 0.3 is 0 Å². The highest BCUT2D eigenvalue weighted by atomic mass is 16.5. The Kier molecular flexibility index (Phi) is 5.16. The second-order valence-corrected chi connectivity index (χ2v) is 6.25. The molecule has 2 atom stereocenters. The zero-order valence-electron chi connectivity index (χ0n) is 14.2. The van der Waals surface area contributed by atoms with E-state index < -0.39 is 6.10 Å². The highest BCUT2D eigenvalue weighted by Crippen LogP contribution is 2.23. The Morgan fingerprint density at radius 3 is 2.42 bits per heavy atom. The molecule has 1 amide bonds. The zero-order chi connectivity index (χ0) is 16.9. The summed E-state index contributed by atoms with van der Waals surface area (Å²) in [5, 5.41) is 3.28. The topological polar surface area (TPSA) is 41.6 Å². The van der Waals surface area contributed by atoms with Gasteiger partial charge in [-0.05, 0) is 43.1 Å². The van der Waals surface area contributed by atoms with Gasteiger partial charge in [0.05, 0.1) is 0 Å². The molecule has 0 bridgehead atoms. The van der Waals surface area contributed by atoms with Gasteiger partial charge in [-0.25, -0.2) is 0 Å². The number of likely N-dealkylation sites (N-methyl/N-ethyl adjacent to an activating group) is 1. The van der Waals surface area contributed by atoms with E-state index in [0.29, 0.717) is 5.75 Å². The number of carbonyl (C=O) groups is 1. The van der Waals surface area contributed by atoms with Gasteiger partial charge in [0, 0.05) is 19.6 Å². The molecule has 1 aliphatic heterocycles. The van der Waals surface area contributed by atoms with Crippen LogP contribution in [0.25, 0.3) is 11.1 Å². The lowest BCUT2D eigenvalue weighted by Crippen LogP contribution is -2.44. The van der Waals surface area contributed by atoms with Crippen LogP contribution in [-0.2, 0) is 4.79 Å². The van der Waals surface area contributed by atoms with Crippen LogP contribution in [0.15, 0.2) is 54.6 Å². The van der Waals surface area contributed by atoms with Crippen molar-refractivity contribution in [3.05, 3.63) is 54.6 Å². The summed E-state index contributed by atoms with van der Waals surface area (Å²) in [5.74, 6) is 0.740. The van der Waals surface area contributed by atoms with Crippen molar-refractivity contribution in [1.82, 2.24) is 10.2 Å². The number of hydrogen-bond donors (Lipinski definition) is 1. The van der Waals surface area contributed by atoms with Crippen LogP contribution in [0.5, 0.6) is 5.75 Å². The van der Waals surface area contributed by atoms with Crippen molar-refractivity contribution >= 4 is 5.91 Å². The minimum Gasteiger partial charge on any atom is -0.481 e. The van der Waals surface area contributed by atoms with Crippen LogP contribution in [0.4, 0.5) is 0 Å². The first-order valence-corrected chi connectivity index (χ1v) is 8.44. The van der Waals surface area contributed by atoms with Gasteiger partial charge in [-0.2, -0.15) is 0 Å². The third-order valence-corrected chi connectivity index (χ3v) is 4.55. The fourth-order valence-electron chi connectivity index (χ4n) is 3.05. The molecule has 0 aromatic heterocycles. The Balaban J connectivity index is 1.62. The first kappa shape index (κ1) is 16.5. The Labute approximate surface area is 143 Å².